The summed E-state index contributed by atoms with van der Waals surface area (Å²) in [5.74, 6) is 7.15. The van der Waals surface area contributed by atoms with Crippen LogP contribution in [-0.4, -0.2) is 0 Å². The standard InChI is InChI=1S/C14H22.C13H20/c1-10(2)11(3)4-6-13-8-12-5-7-14(13)9-12;1-3-10(4-2)7-13-9-11-5-6-12(13)8-11/h5,7,11-14H,1,4,6,8-9H2,2-3H3;3,5-6,10-13H,1,4,7-9H2,2H3. The van der Waals surface area contributed by atoms with E-state index in [0.717, 1.165) is 47.3 Å². The van der Waals surface area contributed by atoms with Crippen molar-refractivity contribution >= 4 is 0 Å². The minimum Gasteiger partial charge on any atom is -0.103 e. The van der Waals surface area contributed by atoms with Crippen LogP contribution >= 0.6 is 0 Å². The molecule has 150 valence electrons. The minimum absolute atomic E-state index is 0.720. The van der Waals surface area contributed by atoms with E-state index in [-0.39, 0.29) is 0 Å². The summed E-state index contributed by atoms with van der Waals surface area (Å²) in [7, 11) is 0. The zero-order valence-corrected chi connectivity index (χ0v) is 18.1. The van der Waals surface area contributed by atoms with Crippen molar-refractivity contribution in [1.82, 2.24) is 0 Å². The number of hydrogen-bond donors (Lipinski definition) is 0. The molecule has 27 heavy (non-hydrogen) atoms. The molecule has 2 fully saturated rings. The first-order valence-corrected chi connectivity index (χ1v) is 11.6. The van der Waals surface area contributed by atoms with Crippen LogP contribution in [0.3, 0.4) is 0 Å². The summed E-state index contributed by atoms with van der Waals surface area (Å²) < 4.78 is 0. The van der Waals surface area contributed by atoms with E-state index in [9.17, 15) is 0 Å². The summed E-state index contributed by atoms with van der Waals surface area (Å²) in [6.45, 7) is 14.7. The van der Waals surface area contributed by atoms with Crippen LogP contribution in [-0.2, 0) is 0 Å². The van der Waals surface area contributed by atoms with Gasteiger partial charge in [-0.2, -0.15) is 0 Å². The summed E-state index contributed by atoms with van der Waals surface area (Å²) in [6, 6.07) is 0. The topological polar surface area (TPSA) is 0 Å². The number of allylic oxidation sites excluding steroid dienone is 6. The lowest BCUT2D eigenvalue weighted by Gasteiger charge is -2.21. The minimum atomic E-state index is 0.720. The maximum absolute atomic E-state index is 4.03. The molecule has 0 aliphatic heterocycles. The molecular formula is C27H42. The quantitative estimate of drug-likeness (QED) is 0.382. The predicted octanol–water partition coefficient (Wildman–Crippen LogP) is 7.99. The van der Waals surface area contributed by atoms with Gasteiger partial charge in [-0.1, -0.05) is 56.4 Å². The lowest BCUT2D eigenvalue weighted by atomic mass is 9.84. The van der Waals surface area contributed by atoms with Gasteiger partial charge in [0.25, 0.3) is 0 Å². The van der Waals surface area contributed by atoms with Crippen molar-refractivity contribution in [3.05, 3.63) is 49.1 Å². The summed E-state index contributed by atoms with van der Waals surface area (Å²) in [6.07, 6.45) is 23.1. The molecule has 8 unspecified atom stereocenters. The van der Waals surface area contributed by atoms with Crippen molar-refractivity contribution in [1.29, 1.82) is 0 Å². The van der Waals surface area contributed by atoms with Crippen LogP contribution in [0.5, 0.6) is 0 Å². The van der Waals surface area contributed by atoms with Crippen LogP contribution in [0.15, 0.2) is 49.1 Å². The SMILES string of the molecule is C=C(C)C(C)CCC1CC2C=CC1C2.C=CC(CC)CC1CC2C=CC1C2. The van der Waals surface area contributed by atoms with Gasteiger partial charge in [0.15, 0.2) is 0 Å². The third kappa shape index (κ3) is 5.27. The molecule has 4 aliphatic rings. The third-order valence-corrected chi connectivity index (χ3v) is 8.11. The van der Waals surface area contributed by atoms with Gasteiger partial charge in [0.05, 0.1) is 0 Å². The van der Waals surface area contributed by atoms with Gasteiger partial charge in [0.1, 0.15) is 0 Å². The van der Waals surface area contributed by atoms with Crippen LogP contribution < -0.4 is 0 Å². The molecule has 4 rings (SSSR count). The fourth-order valence-electron chi connectivity index (χ4n) is 5.92. The largest absolute Gasteiger partial charge is 0.103 e. The van der Waals surface area contributed by atoms with E-state index in [0.29, 0.717) is 0 Å². The average molecular weight is 367 g/mol. The van der Waals surface area contributed by atoms with E-state index in [4.69, 9.17) is 0 Å². The van der Waals surface area contributed by atoms with Gasteiger partial charge in [-0.15, -0.1) is 6.58 Å². The Morgan fingerprint density at radius 2 is 1.59 bits per heavy atom. The molecule has 0 aromatic rings. The summed E-state index contributed by atoms with van der Waals surface area (Å²) >= 11 is 0. The fourth-order valence-corrected chi connectivity index (χ4v) is 5.92. The Labute approximate surface area is 168 Å². The number of rotatable bonds is 8. The van der Waals surface area contributed by atoms with E-state index in [1.807, 2.05) is 0 Å². The molecule has 0 radical (unpaired) electrons. The monoisotopic (exact) mass is 366 g/mol. The Hall–Kier alpha value is -1.04. The van der Waals surface area contributed by atoms with Crippen molar-refractivity contribution in [2.45, 2.75) is 72.1 Å². The highest BCUT2D eigenvalue weighted by Gasteiger charge is 2.36. The lowest BCUT2D eigenvalue weighted by Crippen LogP contribution is -2.11. The summed E-state index contributed by atoms with van der Waals surface area (Å²) in [5, 5.41) is 0. The van der Waals surface area contributed by atoms with Gasteiger partial charge >= 0.3 is 0 Å². The maximum Gasteiger partial charge on any atom is -0.0199 e. The zero-order valence-electron chi connectivity index (χ0n) is 18.1. The fraction of sp³-hybridized carbons (Fsp3) is 0.704. The second kappa shape index (κ2) is 9.44. The zero-order chi connectivity index (χ0) is 19.4. The normalized spacial score (nSPS) is 37.1. The Kier molecular flexibility index (Phi) is 7.23. The van der Waals surface area contributed by atoms with Crippen molar-refractivity contribution in [3.8, 4) is 0 Å². The van der Waals surface area contributed by atoms with Crippen molar-refractivity contribution in [2.24, 2.45) is 47.3 Å². The Morgan fingerprint density at radius 3 is 2.00 bits per heavy atom. The van der Waals surface area contributed by atoms with Crippen LogP contribution in [0.2, 0.25) is 0 Å². The molecule has 2 saturated carbocycles. The average Bonchev–Trinajstić information content (AvgIpc) is 3.45. The van der Waals surface area contributed by atoms with Crippen LogP contribution in [0, 0.1) is 47.3 Å². The lowest BCUT2D eigenvalue weighted by molar-refractivity contribution is 0.360. The van der Waals surface area contributed by atoms with Gasteiger partial charge in [-0.25, -0.2) is 0 Å². The smallest absolute Gasteiger partial charge is 0.0199 e. The molecule has 0 spiro atoms. The van der Waals surface area contributed by atoms with E-state index in [1.54, 1.807) is 0 Å². The molecule has 0 nitrogen and oxygen atoms in total. The Bertz CT molecular complexity index is 565. The van der Waals surface area contributed by atoms with Gasteiger partial charge in [-0.05, 0) is 106 Å². The predicted molar refractivity (Wildman–Crippen MR) is 119 cm³/mol. The molecule has 0 amide bonds. The van der Waals surface area contributed by atoms with Crippen molar-refractivity contribution in [2.75, 3.05) is 0 Å². The van der Waals surface area contributed by atoms with Crippen LogP contribution in [0.25, 0.3) is 0 Å². The van der Waals surface area contributed by atoms with Crippen LogP contribution in [0.4, 0.5) is 0 Å². The molecular weight excluding hydrogens is 324 g/mol. The maximum atomic E-state index is 4.03. The van der Waals surface area contributed by atoms with Crippen molar-refractivity contribution < 1.29 is 0 Å². The molecule has 4 aliphatic carbocycles. The Morgan fingerprint density at radius 1 is 1.00 bits per heavy atom. The van der Waals surface area contributed by atoms with Gasteiger partial charge in [0.2, 0.25) is 0 Å². The first-order chi connectivity index (χ1) is 13.0. The van der Waals surface area contributed by atoms with E-state index in [1.165, 1.54) is 56.9 Å². The third-order valence-electron chi connectivity index (χ3n) is 8.11. The summed E-state index contributed by atoms with van der Waals surface area (Å²) in [5.41, 5.74) is 1.35. The van der Waals surface area contributed by atoms with E-state index in [2.05, 4.69) is 64.3 Å². The number of hydrogen-bond acceptors (Lipinski definition) is 0. The first kappa shape index (κ1) is 20.7. The molecule has 0 saturated heterocycles. The van der Waals surface area contributed by atoms with E-state index >= 15 is 0 Å². The first-order valence-electron chi connectivity index (χ1n) is 11.6. The molecule has 0 heterocycles. The highest BCUT2D eigenvalue weighted by atomic mass is 14.4. The van der Waals surface area contributed by atoms with Crippen molar-refractivity contribution in [3.63, 3.8) is 0 Å². The Balaban J connectivity index is 0.000000156. The number of fused-ring (bicyclic) bond motifs is 4. The molecule has 0 aromatic carbocycles. The molecule has 0 N–H and O–H groups in total. The van der Waals surface area contributed by atoms with Gasteiger partial charge in [-0.3, -0.25) is 0 Å². The molecule has 4 bridgehead atoms. The summed E-state index contributed by atoms with van der Waals surface area (Å²) in [4.78, 5) is 0. The highest BCUT2D eigenvalue weighted by Crippen LogP contribution is 2.47. The molecule has 8 atom stereocenters. The second-order valence-corrected chi connectivity index (χ2v) is 10.0. The van der Waals surface area contributed by atoms with Gasteiger partial charge < -0.3 is 0 Å². The highest BCUT2D eigenvalue weighted by molar-refractivity contribution is 5.11. The second-order valence-electron chi connectivity index (χ2n) is 10.0. The van der Waals surface area contributed by atoms with Crippen LogP contribution in [0.1, 0.15) is 72.1 Å². The molecule has 0 aromatic heterocycles. The van der Waals surface area contributed by atoms with Gasteiger partial charge in [0, 0.05) is 0 Å². The van der Waals surface area contributed by atoms with E-state index < -0.39 is 0 Å². The molecule has 0 heteroatoms.